The third-order valence-corrected chi connectivity index (χ3v) is 14.6. The van der Waals surface area contributed by atoms with Crippen molar-refractivity contribution in [2.75, 3.05) is 4.90 Å². The molecule has 3 nitrogen and oxygen atoms in total. The van der Waals surface area contributed by atoms with Crippen molar-refractivity contribution in [3.05, 3.63) is 283 Å². The van der Waals surface area contributed by atoms with Crippen molar-refractivity contribution in [3.63, 3.8) is 0 Å². The normalized spacial score (nSPS) is 12.7. The van der Waals surface area contributed by atoms with E-state index in [0.717, 1.165) is 83.2 Å². The van der Waals surface area contributed by atoms with Crippen LogP contribution in [0.15, 0.2) is 270 Å². The summed E-state index contributed by atoms with van der Waals surface area (Å²) in [6.07, 6.45) is 0. The molecule has 0 saturated heterocycles. The smallest absolute Gasteiger partial charge is 0.144 e. The zero-order chi connectivity index (χ0) is 46.2. The lowest BCUT2D eigenvalue weighted by atomic mass is 9.67. The van der Waals surface area contributed by atoms with E-state index >= 15 is 0 Å². The average Bonchev–Trinajstić information content (AvgIpc) is 4.10. The summed E-state index contributed by atoms with van der Waals surface area (Å²) < 4.78 is 13.8. The van der Waals surface area contributed by atoms with Gasteiger partial charge in [0.15, 0.2) is 0 Å². The fraction of sp³-hybridized carbons (Fsp3) is 0.0149. The summed E-state index contributed by atoms with van der Waals surface area (Å²) in [7, 11) is 0. The molecule has 0 unspecified atom stereocenters. The van der Waals surface area contributed by atoms with Gasteiger partial charge < -0.3 is 13.7 Å². The molecule has 0 bridgehead atoms. The van der Waals surface area contributed by atoms with Gasteiger partial charge in [-0.25, -0.2) is 0 Å². The van der Waals surface area contributed by atoms with Gasteiger partial charge in [0.1, 0.15) is 22.3 Å². The van der Waals surface area contributed by atoms with Crippen molar-refractivity contribution in [1.29, 1.82) is 0 Å². The summed E-state index contributed by atoms with van der Waals surface area (Å²) in [5.41, 5.74) is 20.2. The van der Waals surface area contributed by atoms with Gasteiger partial charge in [0.05, 0.1) is 5.41 Å². The van der Waals surface area contributed by atoms with E-state index in [2.05, 4.69) is 260 Å². The van der Waals surface area contributed by atoms with Gasteiger partial charge in [-0.1, -0.05) is 206 Å². The first kappa shape index (κ1) is 39.9. The minimum atomic E-state index is -0.550. The predicted molar refractivity (Wildman–Crippen MR) is 289 cm³/mol. The third-order valence-electron chi connectivity index (χ3n) is 14.6. The van der Waals surface area contributed by atoms with Crippen LogP contribution < -0.4 is 4.90 Å². The van der Waals surface area contributed by atoms with Gasteiger partial charge in [-0.15, -0.1) is 0 Å². The van der Waals surface area contributed by atoms with Crippen LogP contribution in [0.4, 0.5) is 17.1 Å². The summed E-state index contributed by atoms with van der Waals surface area (Å²) in [6, 6.07) is 94.1. The molecule has 0 aliphatic heterocycles. The highest BCUT2D eigenvalue weighted by atomic mass is 16.3. The molecule has 70 heavy (non-hydrogen) atoms. The molecule has 2 heterocycles. The SMILES string of the molecule is c1ccc(-c2ccc(-c3c4oc5ccc(N(c6ccc(-c7ccccc7)cc6)c6ccc7c(c6)C(c6ccccc6)(c6ccccc6)c6ccccc6-7)cc5c4cc4oc5ccccc5c34)cc2)cc1. The van der Waals surface area contributed by atoms with Crippen LogP contribution in [0.1, 0.15) is 22.3 Å². The van der Waals surface area contributed by atoms with E-state index in [-0.39, 0.29) is 0 Å². The topological polar surface area (TPSA) is 29.5 Å². The minimum absolute atomic E-state index is 0.550. The molecule has 0 spiro atoms. The van der Waals surface area contributed by atoms with Gasteiger partial charge in [-0.3, -0.25) is 0 Å². The molecule has 11 aromatic carbocycles. The molecular weight excluding hydrogens is 851 g/mol. The number of anilines is 3. The van der Waals surface area contributed by atoms with Crippen LogP contribution in [-0.2, 0) is 5.41 Å². The van der Waals surface area contributed by atoms with E-state index in [9.17, 15) is 0 Å². The van der Waals surface area contributed by atoms with Gasteiger partial charge in [-0.2, -0.15) is 0 Å². The summed E-state index contributed by atoms with van der Waals surface area (Å²) in [6.45, 7) is 0. The molecule has 0 atom stereocenters. The Kier molecular flexibility index (Phi) is 9.11. The summed E-state index contributed by atoms with van der Waals surface area (Å²) in [5.74, 6) is 0. The van der Waals surface area contributed by atoms with Gasteiger partial charge in [0.25, 0.3) is 0 Å². The summed E-state index contributed by atoms with van der Waals surface area (Å²) in [4.78, 5) is 2.40. The fourth-order valence-electron chi connectivity index (χ4n) is 11.4. The molecule has 1 aliphatic carbocycles. The molecular formula is C67H43NO2. The first-order valence-electron chi connectivity index (χ1n) is 24.0. The Hall–Kier alpha value is -9.18. The van der Waals surface area contributed by atoms with Crippen LogP contribution in [0.2, 0.25) is 0 Å². The van der Waals surface area contributed by atoms with E-state index in [4.69, 9.17) is 8.83 Å². The molecule has 0 radical (unpaired) electrons. The second-order valence-electron chi connectivity index (χ2n) is 18.3. The fourth-order valence-corrected chi connectivity index (χ4v) is 11.4. The van der Waals surface area contributed by atoms with Crippen molar-refractivity contribution in [1.82, 2.24) is 0 Å². The minimum Gasteiger partial charge on any atom is -0.456 e. The maximum absolute atomic E-state index is 7.05. The number of fused-ring (bicyclic) bond motifs is 9. The highest BCUT2D eigenvalue weighted by Gasteiger charge is 2.46. The zero-order valence-electron chi connectivity index (χ0n) is 38.1. The largest absolute Gasteiger partial charge is 0.456 e. The van der Waals surface area contributed by atoms with Crippen LogP contribution in [-0.4, -0.2) is 0 Å². The van der Waals surface area contributed by atoms with Crippen molar-refractivity contribution < 1.29 is 8.83 Å². The number of nitrogens with zero attached hydrogens (tertiary/aromatic N) is 1. The number of para-hydroxylation sites is 1. The monoisotopic (exact) mass is 893 g/mol. The summed E-state index contributed by atoms with van der Waals surface area (Å²) >= 11 is 0. The van der Waals surface area contributed by atoms with Crippen molar-refractivity contribution in [3.8, 4) is 44.5 Å². The van der Waals surface area contributed by atoms with Gasteiger partial charge in [0, 0.05) is 44.2 Å². The van der Waals surface area contributed by atoms with Gasteiger partial charge >= 0.3 is 0 Å². The first-order valence-corrected chi connectivity index (χ1v) is 24.0. The van der Waals surface area contributed by atoms with Crippen molar-refractivity contribution in [2.24, 2.45) is 0 Å². The molecule has 0 fully saturated rings. The van der Waals surface area contributed by atoms with E-state index in [1.807, 2.05) is 6.07 Å². The molecule has 3 heteroatoms. The van der Waals surface area contributed by atoms with Crippen LogP contribution in [0.25, 0.3) is 88.4 Å². The Morgan fingerprint density at radius 2 is 0.800 bits per heavy atom. The Morgan fingerprint density at radius 1 is 0.300 bits per heavy atom. The van der Waals surface area contributed by atoms with Gasteiger partial charge in [0.2, 0.25) is 0 Å². The number of hydrogen-bond acceptors (Lipinski definition) is 3. The highest BCUT2D eigenvalue weighted by molar-refractivity contribution is 6.23. The Morgan fingerprint density at radius 3 is 1.49 bits per heavy atom. The average molecular weight is 894 g/mol. The zero-order valence-corrected chi connectivity index (χ0v) is 38.1. The lowest BCUT2D eigenvalue weighted by Crippen LogP contribution is -2.28. The summed E-state index contributed by atoms with van der Waals surface area (Å²) in [5, 5.41) is 4.13. The number of benzene rings is 11. The van der Waals surface area contributed by atoms with E-state index in [1.165, 1.54) is 44.5 Å². The van der Waals surface area contributed by atoms with Crippen LogP contribution in [0.5, 0.6) is 0 Å². The Bertz CT molecular complexity index is 4040. The number of hydrogen-bond donors (Lipinski definition) is 0. The third kappa shape index (κ3) is 6.15. The molecule has 2 aromatic heterocycles. The van der Waals surface area contributed by atoms with Crippen molar-refractivity contribution in [2.45, 2.75) is 5.41 Å². The van der Waals surface area contributed by atoms with E-state index < -0.39 is 5.41 Å². The van der Waals surface area contributed by atoms with Crippen LogP contribution >= 0.6 is 0 Å². The van der Waals surface area contributed by atoms with E-state index in [1.54, 1.807) is 0 Å². The van der Waals surface area contributed by atoms with E-state index in [0.29, 0.717) is 0 Å². The predicted octanol–water partition coefficient (Wildman–Crippen LogP) is 18.3. The molecule has 1 aliphatic rings. The number of furan rings is 2. The lowest BCUT2D eigenvalue weighted by molar-refractivity contribution is 0.664. The Labute approximate surface area is 405 Å². The maximum Gasteiger partial charge on any atom is 0.144 e. The molecule has 0 saturated carbocycles. The maximum atomic E-state index is 7.05. The molecule has 0 N–H and O–H groups in total. The highest BCUT2D eigenvalue weighted by Crippen LogP contribution is 2.57. The van der Waals surface area contributed by atoms with Crippen LogP contribution in [0, 0.1) is 0 Å². The standard InChI is InChI=1S/C67H43NO2/c1-5-17-44(18-6-1)46-29-31-48(32-30-46)64-65-56-26-14-16-28-61(56)69-63(65)43-58-57-41-52(38-40-62(57)70-66(58)64)68(51-35-33-47(34-36-51)45-19-7-2-8-20-45)53-37-39-55-54-25-13-15-27-59(54)67(60(55)42-53,49-21-9-3-10-22-49)50-23-11-4-12-24-50/h1-43H. The lowest BCUT2D eigenvalue weighted by Gasteiger charge is -2.35. The second kappa shape index (κ2) is 16.0. The van der Waals surface area contributed by atoms with Crippen molar-refractivity contribution >= 4 is 60.9 Å². The van der Waals surface area contributed by atoms with Gasteiger partial charge in [-0.05, 0) is 116 Å². The molecule has 14 rings (SSSR count). The second-order valence-corrected chi connectivity index (χ2v) is 18.3. The van der Waals surface area contributed by atoms with Crippen LogP contribution in [0.3, 0.4) is 0 Å². The molecule has 0 amide bonds. The molecule has 328 valence electrons. The first-order chi connectivity index (χ1) is 34.7. The Balaban J connectivity index is 0.998. The number of rotatable bonds is 8. The molecule has 13 aromatic rings. The quantitative estimate of drug-likeness (QED) is 0.152.